The van der Waals surface area contributed by atoms with Crippen molar-refractivity contribution < 1.29 is 0 Å². The van der Waals surface area contributed by atoms with Gasteiger partial charge in [0, 0.05) is 6.54 Å². The van der Waals surface area contributed by atoms with Crippen molar-refractivity contribution in [2.24, 2.45) is 17.4 Å². The van der Waals surface area contributed by atoms with Gasteiger partial charge >= 0.3 is 0 Å². The maximum absolute atomic E-state index is 5.68. The van der Waals surface area contributed by atoms with Crippen molar-refractivity contribution in [2.75, 3.05) is 6.54 Å². The molecule has 0 radical (unpaired) electrons. The zero-order valence-electron chi connectivity index (χ0n) is 11.7. The Morgan fingerprint density at radius 3 is 2.00 bits per heavy atom. The molecule has 94 valence electrons. The van der Waals surface area contributed by atoms with Crippen molar-refractivity contribution in [1.29, 1.82) is 0 Å². The Labute approximate surface area is 101 Å². The summed E-state index contributed by atoms with van der Waals surface area (Å²) in [7, 11) is 0. The largest absolute Gasteiger partial charge is 0.405 e. The van der Waals surface area contributed by atoms with Crippen LogP contribution in [0.15, 0.2) is 35.1 Å². The summed E-state index contributed by atoms with van der Waals surface area (Å²) in [5.41, 5.74) is 14.6. The van der Waals surface area contributed by atoms with Gasteiger partial charge in [0.05, 0.1) is 0 Å². The van der Waals surface area contributed by atoms with Gasteiger partial charge in [-0.1, -0.05) is 39.3 Å². The fraction of sp³-hybridized carbons (Fsp3) is 0.571. The van der Waals surface area contributed by atoms with Crippen LogP contribution >= 0.6 is 0 Å². The summed E-state index contributed by atoms with van der Waals surface area (Å²) in [6.07, 6.45) is 5.58. The van der Waals surface area contributed by atoms with Crippen LogP contribution in [0, 0.1) is 5.92 Å². The highest BCUT2D eigenvalue weighted by molar-refractivity contribution is 5.34. The normalized spacial score (nSPS) is 13.6. The predicted molar refractivity (Wildman–Crippen MR) is 75.0 cm³/mol. The lowest BCUT2D eigenvalue weighted by Gasteiger charge is -2.08. The Hall–Kier alpha value is -1.02. The molecule has 0 rings (SSSR count). The molecule has 0 unspecified atom stereocenters. The van der Waals surface area contributed by atoms with Gasteiger partial charge in [-0.3, -0.25) is 0 Å². The number of hydrogen-bond acceptors (Lipinski definition) is 2. The molecular weight excluding hydrogens is 196 g/mol. The number of rotatable bonds is 4. The summed E-state index contributed by atoms with van der Waals surface area (Å²) in [6.45, 7) is 13.1. The third-order valence-electron chi connectivity index (χ3n) is 2.39. The number of allylic oxidation sites excluding steroid dienone is 3. The second kappa shape index (κ2) is 10.5. The molecule has 0 aliphatic heterocycles. The van der Waals surface area contributed by atoms with Crippen molar-refractivity contribution in [3.05, 3.63) is 35.1 Å². The quantitative estimate of drug-likeness (QED) is 0.719. The minimum atomic E-state index is 0.556. The molecule has 0 fully saturated rings. The molecule has 0 bridgehead atoms. The molecule has 0 aliphatic rings. The van der Waals surface area contributed by atoms with E-state index in [0.717, 1.165) is 11.1 Å². The SMILES string of the molecule is C/C(=C/C(CN)=C(C)/C=C\N)C(C)C.CC. The minimum absolute atomic E-state index is 0.556. The fourth-order valence-corrected chi connectivity index (χ4v) is 1.03. The molecule has 0 aromatic carbocycles. The van der Waals surface area contributed by atoms with Gasteiger partial charge in [0.25, 0.3) is 0 Å². The van der Waals surface area contributed by atoms with Crippen molar-refractivity contribution >= 4 is 0 Å². The summed E-state index contributed by atoms with van der Waals surface area (Å²) in [5, 5.41) is 0. The van der Waals surface area contributed by atoms with Crippen LogP contribution in [0.1, 0.15) is 41.5 Å². The zero-order chi connectivity index (χ0) is 13.1. The van der Waals surface area contributed by atoms with E-state index >= 15 is 0 Å². The summed E-state index contributed by atoms with van der Waals surface area (Å²) < 4.78 is 0. The van der Waals surface area contributed by atoms with Gasteiger partial charge in [-0.25, -0.2) is 0 Å². The van der Waals surface area contributed by atoms with E-state index < -0.39 is 0 Å². The Balaban J connectivity index is 0. The highest BCUT2D eigenvalue weighted by atomic mass is 14.5. The van der Waals surface area contributed by atoms with Gasteiger partial charge < -0.3 is 11.5 Å². The monoisotopic (exact) mass is 224 g/mol. The zero-order valence-corrected chi connectivity index (χ0v) is 11.7. The average molecular weight is 224 g/mol. The first-order valence-corrected chi connectivity index (χ1v) is 5.99. The van der Waals surface area contributed by atoms with Crippen LogP contribution in [0.25, 0.3) is 0 Å². The van der Waals surface area contributed by atoms with E-state index in [9.17, 15) is 0 Å². The van der Waals surface area contributed by atoms with E-state index in [1.807, 2.05) is 26.8 Å². The molecule has 2 nitrogen and oxygen atoms in total. The molecular formula is C14H28N2. The van der Waals surface area contributed by atoms with Crippen LogP contribution in [-0.4, -0.2) is 6.54 Å². The summed E-state index contributed by atoms with van der Waals surface area (Å²) in [4.78, 5) is 0. The third kappa shape index (κ3) is 7.30. The van der Waals surface area contributed by atoms with Gasteiger partial charge in [-0.05, 0) is 43.2 Å². The number of nitrogens with two attached hydrogens (primary N) is 2. The van der Waals surface area contributed by atoms with E-state index in [-0.39, 0.29) is 0 Å². The molecule has 2 heteroatoms. The maximum atomic E-state index is 5.68. The first-order valence-electron chi connectivity index (χ1n) is 5.99. The molecule has 0 aliphatic carbocycles. The van der Waals surface area contributed by atoms with Gasteiger partial charge in [0.2, 0.25) is 0 Å². The smallest absolute Gasteiger partial charge is 0.0180 e. The molecule has 0 saturated heterocycles. The van der Waals surface area contributed by atoms with Crippen molar-refractivity contribution in [3.63, 3.8) is 0 Å². The minimum Gasteiger partial charge on any atom is -0.405 e. The van der Waals surface area contributed by atoms with Crippen LogP contribution in [-0.2, 0) is 0 Å². The van der Waals surface area contributed by atoms with Crippen LogP contribution in [0.2, 0.25) is 0 Å². The molecule has 0 heterocycles. The molecule has 0 amide bonds. The molecule has 0 spiro atoms. The summed E-state index contributed by atoms with van der Waals surface area (Å²) in [6, 6.07) is 0. The van der Waals surface area contributed by atoms with Crippen LogP contribution in [0.4, 0.5) is 0 Å². The molecule has 16 heavy (non-hydrogen) atoms. The van der Waals surface area contributed by atoms with E-state index in [1.54, 1.807) is 6.20 Å². The second-order valence-corrected chi connectivity index (χ2v) is 3.81. The molecule has 0 aromatic rings. The number of hydrogen-bond donors (Lipinski definition) is 2. The maximum Gasteiger partial charge on any atom is 0.0180 e. The van der Waals surface area contributed by atoms with Gasteiger partial charge in [-0.2, -0.15) is 0 Å². The molecule has 0 atom stereocenters. The molecule has 0 saturated carbocycles. The highest BCUT2D eigenvalue weighted by Crippen LogP contribution is 2.14. The van der Waals surface area contributed by atoms with Crippen LogP contribution in [0.3, 0.4) is 0 Å². The highest BCUT2D eigenvalue weighted by Gasteiger charge is 1.99. The third-order valence-corrected chi connectivity index (χ3v) is 2.39. The molecule has 0 aromatic heterocycles. The van der Waals surface area contributed by atoms with Crippen LogP contribution < -0.4 is 11.5 Å². The van der Waals surface area contributed by atoms with E-state index in [2.05, 4.69) is 26.8 Å². The Morgan fingerprint density at radius 2 is 1.69 bits per heavy atom. The van der Waals surface area contributed by atoms with E-state index in [0.29, 0.717) is 12.5 Å². The van der Waals surface area contributed by atoms with Gasteiger partial charge in [-0.15, -0.1) is 0 Å². The Morgan fingerprint density at radius 1 is 1.19 bits per heavy atom. The first kappa shape index (κ1) is 17.4. The van der Waals surface area contributed by atoms with Crippen LogP contribution in [0.5, 0.6) is 0 Å². The fourth-order valence-electron chi connectivity index (χ4n) is 1.03. The summed E-state index contributed by atoms with van der Waals surface area (Å²) in [5.74, 6) is 0.561. The lowest BCUT2D eigenvalue weighted by Crippen LogP contribution is -2.04. The van der Waals surface area contributed by atoms with E-state index in [1.165, 1.54) is 5.57 Å². The first-order chi connectivity index (χ1) is 7.52. The lowest BCUT2D eigenvalue weighted by atomic mass is 10.00. The topological polar surface area (TPSA) is 52.0 Å². The Bertz CT molecular complexity index is 258. The predicted octanol–water partition coefficient (Wildman–Crippen LogP) is 3.36. The second-order valence-electron chi connectivity index (χ2n) is 3.81. The van der Waals surface area contributed by atoms with E-state index in [4.69, 9.17) is 11.5 Å². The van der Waals surface area contributed by atoms with Crippen molar-refractivity contribution in [1.82, 2.24) is 0 Å². The standard InChI is InChI=1S/C12H22N2.C2H6/c1-9(2)11(4)7-12(8-14)10(3)5-6-13;1-2/h5-7,9H,8,13-14H2,1-4H3;1-2H3/b6-5-,11-7-,12-10-;. The van der Waals surface area contributed by atoms with Gasteiger partial charge in [0.15, 0.2) is 0 Å². The average Bonchev–Trinajstić information content (AvgIpc) is 2.28. The van der Waals surface area contributed by atoms with Crippen molar-refractivity contribution in [2.45, 2.75) is 41.5 Å². The van der Waals surface area contributed by atoms with Crippen molar-refractivity contribution in [3.8, 4) is 0 Å². The lowest BCUT2D eigenvalue weighted by molar-refractivity contribution is 0.767. The van der Waals surface area contributed by atoms with Gasteiger partial charge in [0.1, 0.15) is 0 Å². The summed E-state index contributed by atoms with van der Waals surface area (Å²) >= 11 is 0. The Kier molecular flexibility index (Phi) is 11.4. The molecule has 4 N–H and O–H groups in total.